The monoisotopic (exact) mass is 250 g/mol. The van der Waals surface area contributed by atoms with Crippen LogP contribution >= 0.6 is 12.2 Å². The molecule has 0 aromatic heterocycles. The van der Waals surface area contributed by atoms with Crippen molar-refractivity contribution in [3.63, 3.8) is 0 Å². The van der Waals surface area contributed by atoms with E-state index in [0.717, 1.165) is 35.6 Å². The van der Waals surface area contributed by atoms with Gasteiger partial charge in [0.1, 0.15) is 16.6 Å². The maximum absolute atomic E-state index is 9.39. The minimum Gasteiger partial charge on any atom is -0.346 e. The highest BCUT2D eigenvalue weighted by Crippen LogP contribution is 2.37. The second kappa shape index (κ2) is 4.05. The SMILES string of the molecule is CN1CCC2=C(C1)C(=S)N(C)C(C)(N)C2C#N. The zero-order chi connectivity index (χ0) is 12.8. The third-order valence-corrected chi connectivity index (χ3v) is 4.45. The van der Waals surface area contributed by atoms with Crippen LogP contribution in [0.3, 0.4) is 0 Å². The summed E-state index contributed by atoms with van der Waals surface area (Å²) < 4.78 is 0. The molecule has 2 heterocycles. The summed E-state index contributed by atoms with van der Waals surface area (Å²) in [4.78, 5) is 4.89. The molecular weight excluding hydrogens is 232 g/mol. The molecule has 5 heteroatoms. The first kappa shape index (κ1) is 12.5. The topological polar surface area (TPSA) is 56.3 Å². The van der Waals surface area contributed by atoms with Gasteiger partial charge in [-0.25, -0.2) is 0 Å². The van der Waals surface area contributed by atoms with E-state index >= 15 is 0 Å². The van der Waals surface area contributed by atoms with Gasteiger partial charge in [0.25, 0.3) is 0 Å². The molecule has 2 atom stereocenters. The van der Waals surface area contributed by atoms with Crippen molar-refractivity contribution in [2.24, 2.45) is 11.7 Å². The standard InChI is InChI=1S/C12H18N4S/c1-12(14)10(6-13)8-4-5-15(2)7-9(8)11(17)16(12)3/h10H,4-5,7,14H2,1-3H3. The summed E-state index contributed by atoms with van der Waals surface area (Å²) in [7, 11) is 3.95. The third-order valence-electron chi connectivity index (χ3n) is 3.93. The third kappa shape index (κ3) is 1.77. The molecule has 17 heavy (non-hydrogen) atoms. The predicted octanol–water partition coefficient (Wildman–Crippen LogP) is 0.706. The Kier molecular flexibility index (Phi) is 2.98. The van der Waals surface area contributed by atoms with Gasteiger partial charge < -0.3 is 15.5 Å². The van der Waals surface area contributed by atoms with Crippen molar-refractivity contribution in [1.29, 1.82) is 5.26 Å². The fourth-order valence-electron chi connectivity index (χ4n) is 2.61. The number of nitriles is 1. The average Bonchev–Trinajstić information content (AvgIpc) is 2.28. The number of nitrogens with two attached hydrogens (primary N) is 1. The molecule has 92 valence electrons. The van der Waals surface area contributed by atoms with Crippen LogP contribution in [0.15, 0.2) is 11.1 Å². The maximum atomic E-state index is 9.39. The molecule has 0 saturated heterocycles. The van der Waals surface area contributed by atoms with Crippen LogP contribution in [0.4, 0.5) is 0 Å². The van der Waals surface area contributed by atoms with E-state index in [2.05, 4.69) is 18.0 Å². The molecule has 2 unspecified atom stereocenters. The van der Waals surface area contributed by atoms with E-state index < -0.39 is 5.66 Å². The second-order valence-electron chi connectivity index (χ2n) is 5.14. The highest BCUT2D eigenvalue weighted by molar-refractivity contribution is 7.80. The number of rotatable bonds is 0. The number of thiocarbonyl (C=S) groups is 1. The van der Waals surface area contributed by atoms with Crippen molar-refractivity contribution in [3.05, 3.63) is 11.1 Å². The molecule has 0 fully saturated rings. The first-order valence-electron chi connectivity index (χ1n) is 5.76. The van der Waals surface area contributed by atoms with Crippen LogP contribution in [-0.4, -0.2) is 47.6 Å². The zero-order valence-electron chi connectivity index (χ0n) is 10.5. The van der Waals surface area contributed by atoms with E-state index in [1.165, 1.54) is 0 Å². The van der Waals surface area contributed by atoms with E-state index in [-0.39, 0.29) is 5.92 Å². The fourth-order valence-corrected chi connectivity index (χ4v) is 3.00. The van der Waals surface area contributed by atoms with Crippen LogP contribution in [0, 0.1) is 17.2 Å². The Labute approximate surface area is 108 Å². The Bertz CT molecular complexity index is 432. The summed E-state index contributed by atoms with van der Waals surface area (Å²) in [6, 6.07) is 2.36. The van der Waals surface area contributed by atoms with Gasteiger partial charge in [0.05, 0.1) is 6.07 Å². The van der Waals surface area contributed by atoms with Crippen LogP contribution in [0.2, 0.25) is 0 Å². The van der Waals surface area contributed by atoms with Crippen molar-refractivity contribution in [3.8, 4) is 6.07 Å². The van der Waals surface area contributed by atoms with E-state index in [1.54, 1.807) is 0 Å². The predicted molar refractivity (Wildman–Crippen MR) is 71.2 cm³/mol. The van der Waals surface area contributed by atoms with Gasteiger partial charge in [-0.1, -0.05) is 12.2 Å². The van der Waals surface area contributed by atoms with Gasteiger partial charge >= 0.3 is 0 Å². The number of nitrogens with zero attached hydrogens (tertiary/aromatic N) is 3. The molecule has 0 aromatic rings. The Morgan fingerprint density at radius 3 is 2.76 bits per heavy atom. The molecule has 0 radical (unpaired) electrons. The van der Waals surface area contributed by atoms with E-state index in [1.807, 2.05) is 18.9 Å². The molecule has 0 bridgehead atoms. The zero-order valence-corrected chi connectivity index (χ0v) is 11.3. The van der Waals surface area contributed by atoms with Gasteiger partial charge in [0.2, 0.25) is 0 Å². The summed E-state index contributed by atoms with van der Waals surface area (Å²) in [6.45, 7) is 3.68. The van der Waals surface area contributed by atoms with E-state index in [0.29, 0.717) is 0 Å². The molecule has 0 aromatic carbocycles. The minimum atomic E-state index is -0.694. The molecule has 2 aliphatic heterocycles. The Hall–Kier alpha value is -0.960. The first-order valence-corrected chi connectivity index (χ1v) is 6.17. The molecule has 2 rings (SSSR count). The number of hydrogen-bond acceptors (Lipinski definition) is 4. The molecule has 0 amide bonds. The van der Waals surface area contributed by atoms with Gasteiger partial charge in [0.15, 0.2) is 0 Å². The summed E-state index contributed by atoms with van der Waals surface area (Å²) in [6.07, 6.45) is 0.894. The molecule has 0 saturated carbocycles. The lowest BCUT2D eigenvalue weighted by molar-refractivity contribution is 0.178. The lowest BCUT2D eigenvalue weighted by atomic mass is 9.78. The molecular formula is C12H18N4S. The van der Waals surface area contributed by atoms with E-state index in [4.69, 9.17) is 18.0 Å². The molecule has 2 N–H and O–H groups in total. The number of hydrogen-bond donors (Lipinski definition) is 1. The quantitative estimate of drug-likeness (QED) is 0.642. The molecule has 0 aliphatic carbocycles. The van der Waals surface area contributed by atoms with Gasteiger partial charge in [-0.15, -0.1) is 0 Å². The van der Waals surface area contributed by atoms with Crippen LogP contribution < -0.4 is 5.73 Å². The summed E-state index contributed by atoms with van der Waals surface area (Å²) >= 11 is 5.48. The molecule has 0 spiro atoms. The highest BCUT2D eigenvalue weighted by Gasteiger charge is 2.45. The van der Waals surface area contributed by atoms with Crippen molar-refractivity contribution >= 4 is 17.2 Å². The highest BCUT2D eigenvalue weighted by atomic mass is 32.1. The minimum absolute atomic E-state index is 0.261. The fraction of sp³-hybridized carbons (Fsp3) is 0.667. The van der Waals surface area contributed by atoms with Gasteiger partial charge in [-0.05, 0) is 26.0 Å². The van der Waals surface area contributed by atoms with Crippen molar-refractivity contribution in [2.75, 3.05) is 27.2 Å². The Morgan fingerprint density at radius 1 is 1.53 bits per heavy atom. The van der Waals surface area contributed by atoms with Gasteiger partial charge in [-0.3, -0.25) is 0 Å². The normalized spacial score (nSPS) is 34.6. The van der Waals surface area contributed by atoms with Crippen LogP contribution in [-0.2, 0) is 0 Å². The summed E-state index contributed by atoms with van der Waals surface area (Å²) in [5, 5.41) is 9.39. The van der Waals surface area contributed by atoms with Crippen LogP contribution in [0.5, 0.6) is 0 Å². The largest absolute Gasteiger partial charge is 0.346 e. The van der Waals surface area contributed by atoms with Gasteiger partial charge in [-0.2, -0.15) is 5.26 Å². The van der Waals surface area contributed by atoms with Crippen molar-refractivity contribution in [1.82, 2.24) is 9.80 Å². The van der Waals surface area contributed by atoms with Crippen LogP contribution in [0.25, 0.3) is 0 Å². The average molecular weight is 250 g/mol. The summed E-state index contributed by atoms with van der Waals surface area (Å²) in [5.41, 5.74) is 7.86. The Morgan fingerprint density at radius 2 is 2.18 bits per heavy atom. The number of likely N-dealkylation sites (N-methyl/N-ethyl adjacent to an activating group) is 2. The van der Waals surface area contributed by atoms with Crippen LogP contribution in [0.1, 0.15) is 13.3 Å². The first-order chi connectivity index (χ1) is 7.89. The second-order valence-corrected chi connectivity index (χ2v) is 5.53. The lowest BCUT2D eigenvalue weighted by Crippen LogP contribution is -2.63. The van der Waals surface area contributed by atoms with Crippen molar-refractivity contribution in [2.45, 2.75) is 19.0 Å². The summed E-state index contributed by atoms with van der Waals surface area (Å²) in [5.74, 6) is -0.261. The van der Waals surface area contributed by atoms with Crippen molar-refractivity contribution < 1.29 is 0 Å². The molecule has 2 aliphatic rings. The van der Waals surface area contributed by atoms with Gasteiger partial charge in [0, 0.05) is 25.7 Å². The lowest BCUT2D eigenvalue weighted by Gasteiger charge is -2.48. The molecule has 4 nitrogen and oxygen atoms in total. The Balaban J connectivity index is 2.52. The maximum Gasteiger partial charge on any atom is 0.107 e. The smallest absolute Gasteiger partial charge is 0.107 e. The van der Waals surface area contributed by atoms with E-state index in [9.17, 15) is 5.26 Å².